The Bertz CT molecular complexity index is 183. The van der Waals surface area contributed by atoms with E-state index < -0.39 is 12.0 Å². The molecule has 0 aliphatic heterocycles. The molecule has 4 heteroatoms. The summed E-state index contributed by atoms with van der Waals surface area (Å²) in [5.74, 6) is -0.476. The van der Waals surface area contributed by atoms with Crippen LogP contribution in [-0.4, -0.2) is 34.9 Å². The van der Waals surface area contributed by atoms with E-state index in [9.17, 15) is 4.79 Å². The number of nitrogens with one attached hydrogen (secondary N) is 1. The molecule has 0 aromatic rings. The SMILES string of the molecule is CCCC(NC(CCO)C(C)C)C(=O)O. The molecule has 0 aliphatic rings. The molecule has 0 saturated carbocycles. The molecule has 4 nitrogen and oxygen atoms in total. The highest BCUT2D eigenvalue weighted by Gasteiger charge is 2.22. The average molecular weight is 217 g/mol. The topological polar surface area (TPSA) is 69.6 Å². The van der Waals surface area contributed by atoms with Crippen molar-refractivity contribution in [3.63, 3.8) is 0 Å². The fourth-order valence-corrected chi connectivity index (χ4v) is 1.57. The van der Waals surface area contributed by atoms with Crippen molar-refractivity contribution < 1.29 is 15.0 Å². The van der Waals surface area contributed by atoms with Gasteiger partial charge in [-0.3, -0.25) is 4.79 Å². The zero-order valence-corrected chi connectivity index (χ0v) is 9.86. The van der Waals surface area contributed by atoms with E-state index in [1.54, 1.807) is 0 Å². The number of aliphatic hydroxyl groups excluding tert-OH is 1. The molecule has 2 unspecified atom stereocenters. The molecule has 0 rings (SSSR count). The Hall–Kier alpha value is -0.610. The summed E-state index contributed by atoms with van der Waals surface area (Å²) < 4.78 is 0. The summed E-state index contributed by atoms with van der Waals surface area (Å²) in [5, 5.41) is 21.0. The molecule has 0 radical (unpaired) electrons. The predicted octanol–water partition coefficient (Wildman–Crippen LogP) is 1.24. The zero-order chi connectivity index (χ0) is 11.8. The van der Waals surface area contributed by atoms with Crippen molar-refractivity contribution in [1.82, 2.24) is 5.32 Å². The van der Waals surface area contributed by atoms with E-state index in [1.807, 2.05) is 20.8 Å². The Morgan fingerprint density at radius 3 is 2.27 bits per heavy atom. The number of carboxylic acids is 1. The van der Waals surface area contributed by atoms with Crippen molar-refractivity contribution in [2.24, 2.45) is 5.92 Å². The molecule has 0 heterocycles. The van der Waals surface area contributed by atoms with Gasteiger partial charge in [-0.25, -0.2) is 0 Å². The molecule has 0 aromatic carbocycles. The Balaban J connectivity index is 4.25. The van der Waals surface area contributed by atoms with Crippen LogP contribution in [0.1, 0.15) is 40.0 Å². The average Bonchev–Trinajstić information content (AvgIpc) is 2.15. The van der Waals surface area contributed by atoms with Crippen LogP contribution in [0.25, 0.3) is 0 Å². The van der Waals surface area contributed by atoms with Gasteiger partial charge in [0.05, 0.1) is 0 Å². The van der Waals surface area contributed by atoms with Crippen molar-refractivity contribution in [1.29, 1.82) is 0 Å². The van der Waals surface area contributed by atoms with E-state index in [2.05, 4.69) is 5.32 Å². The molecular formula is C11H23NO3. The minimum atomic E-state index is -0.805. The first kappa shape index (κ1) is 14.4. The van der Waals surface area contributed by atoms with Crippen LogP contribution in [0, 0.1) is 5.92 Å². The summed E-state index contributed by atoms with van der Waals surface area (Å²) in [6.45, 7) is 6.11. The van der Waals surface area contributed by atoms with Crippen molar-refractivity contribution in [2.45, 2.75) is 52.1 Å². The van der Waals surface area contributed by atoms with Gasteiger partial charge in [0.15, 0.2) is 0 Å². The van der Waals surface area contributed by atoms with Crippen LogP contribution in [-0.2, 0) is 4.79 Å². The maximum absolute atomic E-state index is 10.9. The second-order valence-corrected chi connectivity index (χ2v) is 4.21. The molecular weight excluding hydrogens is 194 g/mol. The van der Waals surface area contributed by atoms with Crippen LogP contribution < -0.4 is 5.32 Å². The quantitative estimate of drug-likeness (QED) is 0.572. The molecule has 0 spiro atoms. The molecule has 15 heavy (non-hydrogen) atoms. The molecule has 3 N–H and O–H groups in total. The largest absolute Gasteiger partial charge is 0.480 e. The smallest absolute Gasteiger partial charge is 0.320 e. The van der Waals surface area contributed by atoms with E-state index >= 15 is 0 Å². The minimum absolute atomic E-state index is 0.0719. The van der Waals surface area contributed by atoms with Gasteiger partial charge < -0.3 is 15.5 Å². The van der Waals surface area contributed by atoms with Gasteiger partial charge in [0.2, 0.25) is 0 Å². The molecule has 0 fully saturated rings. The summed E-state index contributed by atoms with van der Waals surface area (Å²) >= 11 is 0. The van der Waals surface area contributed by atoms with E-state index in [-0.39, 0.29) is 12.6 Å². The van der Waals surface area contributed by atoms with Gasteiger partial charge in [0, 0.05) is 12.6 Å². The lowest BCUT2D eigenvalue weighted by Gasteiger charge is -2.25. The van der Waals surface area contributed by atoms with Gasteiger partial charge in [0.1, 0.15) is 6.04 Å². The number of aliphatic hydroxyl groups is 1. The number of hydrogen-bond donors (Lipinski definition) is 3. The molecule has 2 atom stereocenters. The molecule has 90 valence electrons. The van der Waals surface area contributed by atoms with E-state index in [4.69, 9.17) is 10.2 Å². The summed E-state index contributed by atoms with van der Waals surface area (Å²) in [7, 11) is 0. The Morgan fingerprint density at radius 2 is 1.93 bits per heavy atom. The standard InChI is InChI=1S/C11H23NO3/c1-4-5-10(11(14)15)12-9(6-7-13)8(2)3/h8-10,12-13H,4-7H2,1-3H3,(H,14,15). The zero-order valence-electron chi connectivity index (χ0n) is 9.86. The molecule has 0 aromatic heterocycles. The highest BCUT2D eigenvalue weighted by Crippen LogP contribution is 2.09. The monoisotopic (exact) mass is 217 g/mol. The molecule has 0 amide bonds. The molecule has 0 aliphatic carbocycles. The fourth-order valence-electron chi connectivity index (χ4n) is 1.57. The normalized spacial score (nSPS) is 15.3. The van der Waals surface area contributed by atoms with Crippen molar-refractivity contribution in [2.75, 3.05) is 6.61 Å². The predicted molar refractivity (Wildman–Crippen MR) is 59.8 cm³/mol. The number of carbonyl (C=O) groups is 1. The summed E-state index contributed by atoms with van der Waals surface area (Å²) in [5.41, 5.74) is 0. The third kappa shape index (κ3) is 5.74. The lowest BCUT2D eigenvalue weighted by molar-refractivity contribution is -0.140. The highest BCUT2D eigenvalue weighted by atomic mass is 16.4. The second-order valence-electron chi connectivity index (χ2n) is 4.21. The number of rotatable bonds is 8. The summed E-state index contributed by atoms with van der Waals surface area (Å²) in [4.78, 5) is 10.9. The van der Waals surface area contributed by atoms with Crippen LogP contribution >= 0.6 is 0 Å². The maximum Gasteiger partial charge on any atom is 0.320 e. The van der Waals surface area contributed by atoms with E-state index in [0.717, 1.165) is 6.42 Å². The van der Waals surface area contributed by atoms with E-state index in [0.29, 0.717) is 18.8 Å². The van der Waals surface area contributed by atoms with Crippen molar-refractivity contribution in [3.05, 3.63) is 0 Å². The summed E-state index contributed by atoms with van der Waals surface area (Å²) in [6.07, 6.45) is 2.07. The first-order valence-corrected chi connectivity index (χ1v) is 5.62. The van der Waals surface area contributed by atoms with Crippen molar-refractivity contribution in [3.8, 4) is 0 Å². The third-order valence-electron chi connectivity index (χ3n) is 2.54. The van der Waals surface area contributed by atoms with Crippen molar-refractivity contribution >= 4 is 5.97 Å². The Kier molecular flexibility index (Phi) is 7.34. The molecule has 0 bridgehead atoms. The van der Waals surface area contributed by atoms with E-state index in [1.165, 1.54) is 0 Å². The van der Waals surface area contributed by atoms with Crippen LogP contribution in [0.4, 0.5) is 0 Å². The maximum atomic E-state index is 10.9. The second kappa shape index (κ2) is 7.65. The third-order valence-corrected chi connectivity index (χ3v) is 2.54. The first-order valence-electron chi connectivity index (χ1n) is 5.62. The van der Waals surface area contributed by atoms with Crippen LogP contribution in [0.15, 0.2) is 0 Å². The van der Waals surface area contributed by atoms with Gasteiger partial charge >= 0.3 is 5.97 Å². The van der Waals surface area contributed by atoms with Gasteiger partial charge in [-0.2, -0.15) is 0 Å². The summed E-state index contributed by atoms with van der Waals surface area (Å²) in [6, 6.07) is -0.420. The van der Waals surface area contributed by atoms with Gasteiger partial charge in [-0.05, 0) is 18.8 Å². The highest BCUT2D eigenvalue weighted by molar-refractivity contribution is 5.73. The number of hydrogen-bond acceptors (Lipinski definition) is 3. The van der Waals surface area contributed by atoms with Crippen LogP contribution in [0.5, 0.6) is 0 Å². The lowest BCUT2D eigenvalue weighted by atomic mass is 9.99. The van der Waals surface area contributed by atoms with Crippen LogP contribution in [0.3, 0.4) is 0 Å². The van der Waals surface area contributed by atoms with Gasteiger partial charge in [-0.15, -0.1) is 0 Å². The van der Waals surface area contributed by atoms with Crippen LogP contribution in [0.2, 0.25) is 0 Å². The Morgan fingerprint density at radius 1 is 1.33 bits per heavy atom. The fraction of sp³-hybridized carbons (Fsp3) is 0.909. The lowest BCUT2D eigenvalue weighted by Crippen LogP contribution is -2.46. The van der Waals surface area contributed by atoms with Gasteiger partial charge in [0.25, 0.3) is 0 Å². The Labute approximate surface area is 91.7 Å². The van der Waals surface area contributed by atoms with Gasteiger partial charge in [-0.1, -0.05) is 27.2 Å². The number of aliphatic carboxylic acids is 1. The first-order chi connectivity index (χ1) is 7.02. The minimum Gasteiger partial charge on any atom is -0.480 e. The number of carboxylic acid groups (broad SMARTS) is 1. The molecule has 0 saturated heterocycles.